The Morgan fingerprint density at radius 3 is 2.83 bits per heavy atom. The Bertz CT molecular complexity index is 1070. The number of nitrogens with one attached hydrogen (secondary N) is 1. The highest BCUT2D eigenvalue weighted by molar-refractivity contribution is 7.99. The summed E-state index contributed by atoms with van der Waals surface area (Å²) in [6.07, 6.45) is 0. The topological polar surface area (TPSA) is 112 Å². The van der Waals surface area contributed by atoms with E-state index < -0.39 is 4.92 Å². The van der Waals surface area contributed by atoms with Gasteiger partial charge in [-0.2, -0.15) is 0 Å². The van der Waals surface area contributed by atoms with Crippen molar-refractivity contribution in [3.05, 3.63) is 57.6 Å². The number of thioether (sulfide) groups is 1. The minimum Gasteiger partial charge on any atom is -0.497 e. The maximum atomic E-state index is 12.3. The van der Waals surface area contributed by atoms with Crippen molar-refractivity contribution in [2.24, 2.45) is 7.05 Å². The van der Waals surface area contributed by atoms with Crippen LogP contribution in [0.25, 0.3) is 11.4 Å². The molecule has 0 aliphatic carbocycles. The lowest BCUT2D eigenvalue weighted by Crippen LogP contribution is -2.15. The van der Waals surface area contributed by atoms with Crippen LogP contribution >= 0.6 is 23.4 Å². The van der Waals surface area contributed by atoms with Gasteiger partial charge in [0.15, 0.2) is 11.0 Å². The average Bonchev–Trinajstić information content (AvgIpc) is 3.08. The quantitative estimate of drug-likeness (QED) is 0.342. The molecular weight excluding hydrogens is 418 g/mol. The Balaban J connectivity index is 1.68. The zero-order valence-electron chi connectivity index (χ0n) is 15.5. The molecule has 0 unspecified atom stereocenters. The minimum absolute atomic E-state index is 0.0309. The maximum absolute atomic E-state index is 12.3. The van der Waals surface area contributed by atoms with Gasteiger partial charge in [-0.25, -0.2) is 0 Å². The number of aromatic nitrogens is 3. The van der Waals surface area contributed by atoms with Crippen molar-refractivity contribution in [2.45, 2.75) is 5.16 Å². The molecule has 2 aromatic carbocycles. The van der Waals surface area contributed by atoms with Crippen LogP contribution in [0.1, 0.15) is 0 Å². The summed E-state index contributed by atoms with van der Waals surface area (Å²) in [5, 5.41) is 22.5. The standard InChI is InChI=1S/C18H16ClN5O4S/c1-23-17(11-4-3-5-13(8-11)28-2)21-22-18(23)29-10-16(25)20-15-9-12(24(26)27)6-7-14(15)19/h3-9H,10H2,1-2H3,(H,20,25). The molecule has 11 heteroatoms. The molecule has 0 saturated carbocycles. The lowest BCUT2D eigenvalue weighted by Gasteiger charge is -2.07. The maximum Gasteiger partial charge on any atom is 0.271 e. The number of methoxy groups -OCH3 is 1. The number of non-ortho nitro benzene ring substituents is 1. The molecule has 29 heavy (non-hydrogen) atoms. The van der Waals surface area contributed by atoms with E-state index >= 15 is 0 Å². The molecule has 0 bridgehead atoms. The highest BCUT2D eigenvalue weighted by Crippen LogP contribution is 2.28. The van der Waals surface area contributed by atoms with Crippen LogP contribution in [-0.4, -0.2) is 38.5 Å². The van der Waals surface area contributed by atoms with Crippen LogP contribution < -0.4 is 10.1 Å². The lowest BCUT2D eigenvalue weighted by molar-refractivity contribution is -0.384. The zero-order valence-corrected chi connectivity index (χ0v) is 17.0. The Hall–Kier alpha value is -3.11. The number of nitro benzene ring substituents is 1. The van der Waals surface area contributed by atoms with Gasteiger partial charge in [0.05, 0.1) is 28.5 Å². The van der Waals surface area contributed by atoms with E-state index in [1.54, 1.807) is 18.7 Å². The number of benzene rings is 2. The fourth-order valence-corrected chi connectivity index (χ4v) is 3.37. The fraction of sp³-hybridized carbons (Fsp3) is 0.167. The lowest BCUT2D eigenvalue weighted by atomic mass is 10.2. The summed E-state index contributed by atoms with van der Waals surface area (Å²) >= 11 is 7.19. The monoisotopic (exact) mass is 433 g/mol. The van der Waals surface area contributed by atoms with Crippen molar-refractivity contribution in [3.8, 4) is 17.1 Å². The van der Waals surface area contributed by atoms with Crippen LogP contribution in [0.2, 0.25) is 5.02 Å². The van der Waals surface area contributed by atoms with Crippen LogP contribution in [-0.2, 0) is 11.8 Å². The Kier molecular flexibility index (Phi) is 6.35. The van der Waals surface area contributed by atoms with Crippen LogP contribution in [0, 0.1) is 10.1 Å². The first-order chi connectivity index (χ1) is 13.9. The number of anilines is 1. The number of halogens is 1. The molecular formula is C18H16ClN5O4S. The number of carbonyl (C=O) groups excluding carboxylic acids is 1. The molecule has 150 valence electrons. The summed E-state index contributed by atoms with van der Waals surface area (Å²) in [5.74, 6) is 0.994. The molecule has 0 saturated heterocycles. The SMILES string of the molecule is COc1cccc(-c2nnc(SCC(=O)Nc3cc([N+](=O)[O-])ccc3Cl)n2C)c1. The molecule has 1 N–H and O–H groups in total. The van der Waals surface area contributed by atoms with Crippen molar-refractivity contribution >= 4 is 40.6 Å². The number of amides is 1. The van der Waals surface area contributed by atoms with Gasteiger partial charge in [-0.1, -0.05) is 35.5 Å². The molecule has 0 aliphatic heterocycles. The predicted molar refractivity (Wildman–Crippen MR) is 110 cm³/mol. The minimum atomic E-state index is -0.555. The van der Waals surface area contributed by atoms with Crippen LogP contribution in [0.5, 0.6) is 5.75 Å². The van der Waals surface area contributed by atoms with Gasteiger partial charge < -0.3 is 14.6 Å². The number of carbonyl (C=O) groups is 1. The molecule has 1 heterocycles. The first-order valence-electron chi connectivity index (χ1n) is 8.29. The van der Waals surface area contributed by atoms with Gasteiger partial charge in [-0.15, -0.1) is 10.2 Å². The van der Waals surface area contributed by atoms with E-state index in [9.17, 15) is 14.9 Å². The summed E-state index contributed by atoms with van der Waals surface area (Å²) in [6.45, 7) is 0. The molecule has 0 radical (unpaired) electrons. The normalized spacial score (nSPS) is 10.6. The molecule has 0 atom stereocenters. The van der Waals surface area contributed by atoms with Gasteiger partial charge in [0, 0.05) is 24.7 Å². The van der Waals surface area contributed by atoms with Crippen molar-refractivity contribution in [1.29, 1.82) is 0 Å². The molecule has 0 aliphatic rings. The third kappa shape index (κ3) is 4.84. The van der Waals surface area contributed by atoms with Gasteiger partial charge in [0.2, 0.25) is 5.91 Å². The van der Waals surface area contributed by atoms with Crippen LogP contribution in [0.15, 0.2) is 47.6 Å². The number of nitrogens with zero attached hydrogens (tertiary/aromatic N) is 4. The number of rotatable bonds is 7. The summed E-state index contributed by atoms with van der Waals surface area (Å²) < 4.78 is 6.99. The second-order valence-electron chi connectivity index (χ2n) is 5.86. The second-order valence-corrected chi connectivity index (χ2v) is 7.20. The molecule has 1 aromatic heterocycles. The Morgan fingerprint density at radius 2 is 2.10 bits per heavy atom. The third-order valence-corrected chi connectivity index (χ3v) is 5.28. The highest BCUT2D eigenvalue weighted by atomic mass is 35.5. The largest absolute Gasteiger partial charge is 0.497 e. The number of ether oxygens (including phenoxy) is 1. The predicted octanol–water partition coefficient (Wildman–Crippen LogP) is 3.78. The van der Waals surface area contributed by atoms with E-state index in [4.69, 9.17) is 16.3 Å². The molecule has 3 aromatic rings. The van der Waals surface area contributed by atoms with Crippen LogP contribution in [0.3, 0.4) is 0 Å². The van der Waals surface area contributed by atoms with Crippen LogP contribution in [0.4, 0.5) is 11.4 Å². The summed E-state index contributed by atoms with van der Waals surface area (Å²) in [7, 11) is 3.38. The van der Waals surface area contributed by atoms with E-state index in [-0.39, 0.29) is 28.1 Å². The van der Waals surface area contributed by atoms with Gasteiger partial charge in [0.25, 0.3) is 5.69 Å². The molecule has 0 spiro atoms. The van der Waals surface area contributed by atoms with E-state index in [0.717, 1.165) is 5.56 Å². The van der Waals surface area contributed by atoms with Gasteiger partial charge >= 0.3 is 0 Å². The highest BCUT2D eigenvalue weighted by Gasteiger charge is 2.15. The smallest absolute Gasteiger partial charge is 0.271 e. The van der Waals surface area contributed by atoms with E-state index in [2.05, 4.69) is 15.5 Å². The molecule has 3 rings (SSSR count). The average molecular weight is 434 g/mol. The summed E-state index contributed by atoms with van der Waals surface area (Å²) in [6, 6.07) is 11.3. The Morgan fingerprint density at radius 1 is 1.31 bits per heavy atom. The number of nitro groups is 1. The molecule has 9 nitrogen and oxygen atoms in total. The Labute approximate surface area is 175 Å². The number of hydrogen-bond donors (Lipinski definition) is 1. The van der Waals surface area contributed by atoms with Gasteiger partial charge in [0.1, 0.15) is 5.75 Å². The number of hydrogen-bond acceptors (Lipinski definition) is 7. The summed E-state index contributed by atoms with van der Waals surface area (Å²) in [5.41, 5.74) is 0.856. The molecule has 0 fully saturated rings. The van der Waals surface area contributed by atoms with E-state index in [1.807, 2.05) is 24.3 Å². The van der Waals surface area contributed by atoms with Crippen molar-refractivity contribution in [1.82, 2.24) is 14.8 Å². The van der Waals surface area contributed by atoms with Gasteiger partial charge in [-0.3, -0.25) is 14.9 Å². The molecule has 1 amide bonds. The van der Waals surface area contributed by atoms with Crippen molar-refractivity contribution in [3.63, 3.8) is 0 Å². The first-order valence-corrected chi connectivity index (χ1v) is 9.66. The third-order valence-electron chi connectivity index (χ3n) is 3.93. The van der Waals surface area contributed by atoms with E-state index in [1.165, 1.54) is 30.0 Å². The van der Waals surface area contributed by atoms with Crippen molar-refractivity contribution < 1.29 is 14.5 Å². The second kappa shape index (κ2) is 8.93. The fourth-order valence-electron chi connectivity index (χ4n) is 2.49. The summed E-state index contributed by atoms with van der Waals surface area (Å²) in [4.78, 5) is 22.6. The van der Waals surface area contributed by atoms with Gasteiger partial charge in [-0.05, 0) is 18.2 Å². The zero-order chi connectivity index (χ0) is 21.0. The van der Waals surface area contributed by atoms with Crippen molar-refractivity contribution in [2.75, 3.05) is 18.2 Å². The first kappa shape index (κ1) is 20.6. The van der Waals surface area contributed by atoms with E-state index in [0.29, 0.717) is 16.7 Å².